The first-order valence-electron chi connectivity index (χ1n) is 5.41. The first-order valence-corrected chi connectivity index (χ1v) is 5.41. The van der Waals surface area contributed by atoms with Crippen LogP contribution < -0.4 is 0 Å². The van der Waals surface area contributed by atoms with Gasteiger partial charge in [0.1, 0.15) is 0 Å². The molecule has 5 heteroatoms. The van der Waals surface area contributed by atoms with Crippen molar-refractivity contribution in [3.05, 3.63) is 11.7 Å². The van der Waals surface area contributed by atoms with Crippen molar-refractivity contribution in [1.29, 1.82) is 0 Å². The number of aryl methyl sites for hydroxylation is 1. The molecule has 0 aromatic carbocycles. The number of rotatable bonds is 4. The number of aromatic nitrogens is 2. The van der Waals surface area contributed by atoms with E-state index in [1.165, 1.54) is 0 Å². The molecule has 0 bridgehead atoms. The van der Waals surface area contributed by atoms with Crippen LogP contribution in [0.25, 0.3) is 0 Å². The summed E-state index contributed by atoms with van der Waals surface area (Å²) in [5.41, 5.74) is -0.492. The van der Waals surface area contributed by atoms with Gasteiger partial charge in [-0.25, -0.2) is 0 Å². The molecule has 2 rings (SSSR count). The summed E-state index contributed by atoms with van der Waals surface area (Å²) in [5, 5.41) is 13.6. The van der Waals surface area contributed by atoms with Gasteiger partial charge in [-0.15, -0.1) is 0 Å². The van der Waals surface area contributed by atoms with Gasteiger partial charge in [-0.2, -0.15) is 4.98 Å². The van der Waals surface area contributed by atoms with E-state index >= 15 is 0 Å². The molecule has 1 aromatic heterocycles. The van der Waals surface area contributed by atoms with E-state index in [1.54, 1.807) is 0 Å². The predicted molar refractivity (Wildman–Crippen MR) is 54.2 cm³/mol. The van der Waals surface area contributed by atoms with Crippen LogP contribution in [0.2, 0.25) is 0 Å². The van der Waals surface area contributed by atoms with Crippen LogP contribution in [0.1, 0.15) is 32.0 Å². The van der Waals surface area contributed by atoms with Crippen LogP contribution >= 0.6 is 0 Å². The highest BCUT2D eigenvalue weighted by atomic mass is 16.5. The lowest BCUT2D eigenvalue weighted by Crippen LogP contribution is -2.60. The number of nitrogens with zero attached hydrogens (tertiary/aromatic N) is 3. The van der Waals surface area contributed by atoms with Crippen molar-refractivity contribution in [2.24, 2.45) is 0 Å². The molecule has 0 saturated carbocycles. The highest BCUT2D eigenvalue weighted by Gasteiger charge is 2.39. The van der Waals surface area contributed by atoms with Crippen molar-refractivity contribution in [2.45, 2.75) is 38.8 Å². The molecule has 1 aliphatic heterocycles. The van der Waals surface area contributed by atoms with Gasteiger partial charge in [0.15, 0.2) is 5.82 Å². The zero-order chi connectivity index (χ0) is 10.9. The van der Waals surface area contributed by atoms with Gasteiger partial charge in [0, 0.05) is 19.5 Å². The van der Waals surface area contributed by atoms with E-state index in [0.717, 1.165) is 18.7 Å². The predicted octanol–water partition coefficient (Wildman–Crippen LogP) is 0.589. The van der Waals surface area contributed by atoms with Crippen LogP contribution in [0.4, 0.5) is 0 Å². The van der Waals surface area contributed by atoms with Gasteiger partial charge < -0.3 is 9.63 Å². The maximum atomic E-state index is 9.81. The van der Waals surface area contributed by atoms with Crippen LogP contribution in [-0.2, 0) is 13.0 Å². The lowest BCUT2D eigenvalue weighted by atomic mass is 9.91. The molecule has 0 amide bonds. The summed E-state index contributed by atoms with van der Waals surface area (Å²) in [6.45, 7) is 6.04. The molecule has 84 valence electrons. The summed E-state index contributed by atoms with van der Waals surface area (Å²) in [6.07, 6.45) is 1.59. The maximum Gasteiger partial charge on any atom is 0.240 e. The molecule has 2 heterocycles. The van der Waals surface area contributed by atoms with Crippen LogP contribution in [-0.4, -0.2) is 38.8 Å². The largest absolute Gasteiger partial charge is 0.387 e. The average Bonchev–Trinajstić information content (AvgIpc) is 2.63. The van der Waals surface area contributed by atoms with E-state index in [4.69, 9.17) is 4.52 Å². The standard InChI is InChI=1S/C10H17N3O2/c1-3-8-11-9(15-12-8)5-13-6-10(14,4-2)7-13/h14H,3-7H2,1-2H3. The summed E-state index contributed by atoms with van der Waals surface area (Å²) in [7, 11) is 0. The second-order valence-corrected chi connectivity index (χ2v) is 4.18. The molecular formula is C10H17N3O2. The first-order chi connectivity index (χ1) is 7.15. The Kier molecular flexibility index (Phi) is 2.75. The smallest absolute Gasteiger partial charge is 0.240 e. The zero-order valence-corrected chi connectivity index (χ0v) is 9.23. The Balaban J connectivity index is 1.84. The van der Waals surface area contributed by atoms with E-state index in [1.807, 2.05) is 13.8 Å². The van der Waals surface area contributed by atoms with Crippen molar-refractivity contribution in [3.63, 3.8) is 0 Å². The molecule has 1 N–H and O–H groups in total. The van der Waals surface area contributed by atoms with Crippen molar-refractivity contribution in [3.8, 4) is 0 Å². The third-order valence-corrected chi connectivity index (χ3v) is 2.88. The quantitative estimate of drug-likeness (QED) is 0.789. The second-order valence-electron chi connectivity index (χ2n) is 4.18. The highest BCUT2D eigenvalue weighted by molar-refractivity contribution is 4.96. The Morgan fingerprint density at radius 3 is 2.73 bits per heavy atom. The van der Waals surface area contributed by atoms with E-state index in [2.05, 4.69) is 15.0 Å². The minimum absolute atomic E-state index is 0.492. The van der Waals surface area contributed by atoms with E-state index in [-0.39, 0.29) is 0 Å². The van der Waals surface area contributed by atoms with Crippen molar-refractivity contribution in [2.75, 3.05) is 13.1 Å². The van der Waals surface area contributed by atoms with Crippen molar-refractivity contribution < 1.29 is 9.63 Å². The molecular weight excluding hydrogens is 194 g/mol. The molecule has 0 atom stereocenters. The van der Waals surface area contributed by atoms with Gasteiger partial charge in [0.2, 0.25) is 5.89 Å². The summed E-state index contributed by atoms with van der Waals surface area (Å²) in [5.74, 6) is 1.39. The van der Waals surface area contributed by atoms with E-state index in [9.17, 15) is 5.11 Å². The summed E-state index contributed by atoms with van der Waals surface area (Å²) >= 11 is 0. The summed E-state index contributed by atoms with van der Waals surface area (Å²) in [4.78, 5) is 6.33. The zero-order valence-electron chi connectivity index (χ0n) is 9.23. The van der Waals surface area contributed by atoms with Crippen LogP contribution in [0, 0.1) is 0 Å². The summed E-state index contributed by atoms with van der Waals surface area (Å²) < 4.78 is 5.08. The minimum Gasteiger partial charge on any atom is -0.387 e. The average molecular weight is 211 g/mol. The van der Waals surface area contributed by atoms with Gasteiger partial charge in [-0.3, -0.25) is 4.90 Å². The number of hydrogen-bond acceptors (Lipinski definition) is 5. The Morgan fingerprint density at radius 1 is 1.47 bits per heavy atom. The lowest BCUT2D eigenvalue weighted by molar-refractivity contribution is -0.106. The fraction of sp³-hybridized carbons (Fsp3) is 0.800. The van der Waals surface area contributed by atoms with E-state index in [0.29, 0.717) is 25.5 Å². The molecule has 0 radical (unpaired) electrons. The highest BCUT2D eigenvalue weighted by Crippen LogP contribution is 2.25. The third-order valence-electron chi connectivity index (χ3n) is 2.88. The fourth-order valence-electron chi connectivity index (χ4n) is 1.81. The monoisotopic (exact) mass is 211 g/mol. The molecule has 1 aromatic rings. The van der Waals surface area contributed by atoms with Gasteiger partial charge in [-0.05, 0) is 6.42 Å². The molecule has 0 aliphatic carbocycles. The van der Waals surface area contributed by atoms with Gasteiger partial charge in [0.05, 0.1) is 12.1 Å². The Hall–Kier alpha value is -0.940. The second kappa shape index (κ2) is 3.90. The van der Waals surface area contributed by atoms with Gasteiger partial charge in [0.25, 0.3) is 0 Å². The third kappa shape index (κ3) is 2.18. The van der Waals surface area contributed by atoms with Gasteiger partial charge in [-0.1, -0.05) is 19.0 Å². The van der Waals surface area contributed by atoms with E-state index < -0.39 is 5.60 Å². The van der Waals surface area contributed by atoms with Crippen molar-refractivity contribution in [1.82, 2.24) is 15.0 Å². The molecule has 0 spiro atoms. The number of aliphatic hydroxyl groups is 1. The Morgan fingerprint density at radius 2 is 2.20 bits per heavy atom. The number of likely N-dealkylation sites (tertiary alicyclic amines) is 1. The molecule has 15 heavy (non-hydrogen) atoms. The normalized spacial score (nSPS) is 20.2. The van der Waals surface area contributed by atoms with Crippen LogP contribution in [0.15, 0.2) is 4.52 Å². The topological polar surface area (TPSA) is 62.4 Å². The van der Waals surface area contributed by atoms with Gasteiger partial charge >= 0.3 is 0 Å². The van der Waals surface area contributed by atoms with Crippen LogP contribution in [0.5, 0.6) is 0 Å². The van der Waals surface area contributed by atoms with Crippen LogP contribution in [0.3, 0.4) is 0 Å². The molecule has 0 unspecified atom stereocenters. The van der Waals surface area contributed by atoms with Crippen molar-refractivity contribution >= 4 is 0 Å². The maximum absolute atomic E-state index is 9.81. The first kappa shape index (κ1) is 10.6. The lowest BCUT2D eigenvalue weighted by Gasteiger charge is -2.45. The number of hydrogen-bond donors (Lipinski definition) is 1. The molecule has 1 fully saturated rings. The molecule has 1 aliphatic rings. The number of β-amino-alcohol motifs (C(OH)–C–C–N with tert-alkyl or cyclic N) is 1. The fourth-order valence-corrected chi connectivity index (χ4v) is 1.81. The minimum atomic E-state index is -0.492. The summed E-state index contributed by atoms with van der Waals surface area (Å²) in [6, 6.07) is 0. The molecule has 5 nitrogen and oxygen atoms in total. The SMILES string of the molecule is CCc1noc(CN2CC(O)(CC)C2)n1. The molecule has 1 saturated heterocycles. The Bertz CT molecular complexity index is 331. The Labute approximate surface area is 89.1 Å².